The highest BCUT2D eigenvalue weighted by molar-refractivity contribution is 5.27. The van der Waals surface area contributed by atoms with Crippen molar-refractivity contribution in [1.29, 1.82) is 0 Å². The Morgan fingerprint density at radius 3 is 2.45 bits per heavy atom. The average molecular weight is 273 g/mol. The summed E-state index contributed by atoms with van der Waals surface area (Å²) in [4.78, 5) is 0. The molecule has 1 heterocycles. The van der Waals surface area contributed by atoms with Crippen LogP contribution < -0.4 is 5.32 Å². The van der Waals surface area contributed by atoms with Gasteiger partial charge in [0.15, 0.2) is 0 Å². The van der Waals surface area contributed by atoms with E-state index in [2.05, 4.69) is 57.3 Å². The Kier molecular flexibility index (Phi) is 5.26. The largest absolute Gasteiger partial charge is 0.314 e. The maximum absolute atomic E-state index is 3.69. The third-order valence-electron chi connectivity index (χ3n) is 4.78. The minimum atomic E-state index is 0.262. The molecular weight excluding hydrogens is 242 g/mol. The van der Waals surface area contributed by atoms with E-state index >= 15 is 0 Å². The molecule has 20 heavy (non-hydrogen) atoms. The molecule has 2 rings (SSSR count). The Balaban J connectivity index is 1.85. The van der Waals surface area contributed by atoms with Crippen molar-refractivity contribution in [2.24, 2.45) is 5.92 Å². The first kappa shape index (κ1) is 15.6. The Hall–Kier alpha value is -0.820. The molecule has 0 radical (unpaired) electrons. The van der Waals surface area contributed by atoms with E-state index in [9.17, 15) is 0 Å². The standard InChI is InChI=1S/C19H31N/c1-5-15-12-13-20-18(14-15)11-8-16-6-9-17(10-7-16)19(2,3)4/h6-7,9-10,15,18,20H,5,8,11-14H2,1-4H3. The van der Waals surface area contributed by atoms with E-state index in [0.29, 0.717) is 0 Å². The number of benzene rings is 1. The van der Waals surface area contributed by atoms with Crippen LogP contribution in [0, 0.1) is 5.92 Å². The monoisotopic (exact) mass is 273 g/mol. The van der Waals surface area contributed by atoms with Crippen molar-refractivity contribution in [3.05, 3.63) is 35.4 Å². The highest BCUT2D eigenvalue weighted by Crippen LogP contribution is 2.24. The van der Waals surface area contributed by atoms with Crippen molar-refractivity contribution in [1.82, 2.24) is 5.32 Å². The molecule has 0 saturated carbocycles. The number of aryl methyl sites for hydroxylation is 1. The van der Waals surface area contributed by atoms with Crippen molar-refractivity contribution >= 4 is 0 Å². The first-order valence-corrected chi connectivity index (χ1v) is 8.32. The normalized spacial score (nSPS) is 23.8. The molecular formula is C19H31N. The van der Waals surface area contributed by atoms with Crippen LogP contribution in [-0.2, 0) is 11.8 Å². The summed E-state index contributed by atoms with van der Waals surface area (Å²) in [6.07, 6.45) is 6.58. The van der Waals surface area contributed by atoms with Gasteiger partial charge in [-0.15, -0.1) is 0 Å². The molecule has 112 valence electrons. The first-order valence-electron chi connectivity index (χ1n) is 8.32. The molecule has 1 aromatic rings. The zero-order valence-electron chi connectivity index (χ0n) is 13.7. The molecule has 1 heteroatoms. The lowest BCUT2D eigenvalue weighted by Crippen LogP contribution is -2.38. The third-order valence-corrected chi connectivity index (χ3v) is 4.78. The molecule has 1 saturated heterocycles. The smallest absolute Gasteiger partial charge is 0.00728 e. The molecule has 1 N–H and O–H groups in total. The zero-order chi connectivity index (χ0) is 14.6. The number of hydrogen-bond acceptors (Lipinski definition) is 1. The highest BCUT2D eigenvalue weighted by atomic mass is 14.9. The fraction of sp³-hybridized carbons (Fsp3) is 0.684. The predicted molar refractivity (Wildman–Crippen MR) is 88.3 cm³/mol. The average Bonchev–Trinajstić information content (AvgIpc) is 2.45. The minimum absolute atomic E-state index is 0.262. The van der Waals surface area contributed by atoms with Crippen LogP contribution in [-0.4, -0.2) is 12.6 Å². The van der Waals surface area contributed by atoms with E-state index in [4.69, 9.17) is 0 Å². The molecule has 1 nitrogen and oxygen atoms in total. The minimum Gasteiger partial charge on any atom is -0.314 e. The van der Waals surface area contributed by atoms with E-state index < -0.39 is 0 Å². The second kappa shape index (κ2) is 6.76. The van der Waals surface area contributed by atoms with E-state index in [1.165, 1.54) is 49.8 Å². The number of nitrogens with one attached hydrogen (secondary N) is 1. The molecule has 1 aliphatic heterocycles. The maximum atomic E-state index is 3.69. The van der Waals surface area contributed by atoms with Crippen molar-refractivity contribution in [2.45, 2.75) is 71.3 Å². The Bertz CT molecular complexity index is 399. The second-order valence-electron chi connectivity index (χ2n) is 7.44. The van der Waals surface area contributed by atoms with Gasteiger partial charge in [0.2, 0.25) is 0 Å². The molecule has 0 bridgehead atoms. The molecule has 2 atom stereocenters. The van der Waals surface area contributed by atoms with Gasteiger partial charge in [-0.3, -0.25) is 0 Å². The van der Waals surface area contributed by atoms with Gasteiger partial charge in [-0.1, -0.05) is 58.4 Å². The van der Waals surface area contributed by atoms with E-state index in [1.54, 1.807) is 0 Å². The maximum Gasteiger partial charge on any atom is 0.00728 e. The number of hydrogen-bond donors (Lipinski definition) is 1. The molecule has 1 fully saturated rings. The fourth-order valence-electron chi connectivity index (χ4n) is 3.20. The summed E-state index contributed by atoms with van der Waals surface area (Å²) in [5.74, 6) is 0.949. The van der Waals surface area contributed by atoms with Gasteiger partial charge in [0.05, 0.1) is 0 Å². The van der Waals surface area contributed by atoms with Crippen LogP contribution in [0.2, 0.25) is 0 Å². The van der Waals surface area contributed by atoms with E-state index in [1.807, 2.05) is 0 Å². The Morgan fingerprint density at radius 1 is 1.15 bits per heavy atom. The number of piperidine rings is 1. The quantitative estimate of drug-likeness (QED) is 0.839. The zero-order valence-corrected chi connectivity index (χ0v) is 13.7. The Morgan fingerprint density at radius 2 is 1.85 bits per heavy atom. The van der Waals surface area contributed by atoms with Gasteiger partial charge in [-0.05, 0) is 54.7 Å². The SMILES string of the molecule is CCC1CCNC(CCc2ccc(C(C)(C)C)cc2)C1. The lowest BCUT2D eigenvalue weighted by molar-refractivity contribution is 0.285. The van der Waals surface area contributed by atoms with Crippen LogP contribution in [0.25, 0.3) is 0 Å². The van der Waals surface area contributed by atoms with Crippen molar-refractivity contribution in [3.63, 3.8) is 0 Å². The van der Waals surface area contributed by atoms with Crippen LogP contribution >= 0.6 is 0 Å². The predicted octanol–water partition coefficient (Wildman–Crippen LogP) is 4.69. The topological polar surface area (TPSA) is 12.0 Å². The third kappa shape index (κ3) is 4.34. The van der Waals surface area contributed by atoms with Crippen molar-refractivity contribution in [2.75, 3.05) is 6.54 Å². The summed E-state index contributed by atoms with van der Waals surface area (Å²) in [7, 11) is 0. The van der Waals surface area contributed by atoms with Crippen molar-refractivity contribution in [3.8, 4) is 0 Å². The van der Waals surface area contributed by atoms with Gasteiger partial charge in [0.1, 0.15) is 0 Å². The van der Waals surface area contributed by atoms with E-state index in [-0.39, 0.29) is 5.41 Å². The van der Waals surface area contributed by atoms with Gasteiger partial charge in [0.25, 0.3) is 0 Å². The highest BCUT2D eigenvalue weighted by Gasteiger charge is 2.19. The summed E-state index contributed by atoms with van der Waals surface area (Å²) in [5.41, 5.74) is 3.18. The van der Waals surface area contributed by atoms with E-state index in [0.717, 1.165) is 12.0 Å². The molecule has 1 aromatic carbocycles. The molecule has 0 spiro atoms. The number of rotatable bonds is 4. The lowest BCUT2D eigenvalue weighted by atomic mass is 9.85. The van der Waals surface area contributed by atoms with Crippen LogP contribution in [0.15, 0.2) is 24.3 Å². The Labute approximate surface area is 125 Å². The summed E-state index contributed by atoms with van der Waals surface area (Å²) >= 11 is 0. The van der Waals surface area contributed by atoms with Gasteiger partial charge in [-0.25, -0.2) is 0 Å². The molecule has 0 aliphatic carbocycles. The summed E-state index contributed by atoms with van der Waals surface area (Å²) in [5, 5.41) is 3.69. The fourth-order valence-corrected chi connectivity index (χ4v) is 3.20. The summed E-state index contributed by atoms with van der Waals surface area (Å²) in [6.45, 7) is 10.4. The van der Waals surface area contributed by atoms with Crippen molar-refractivity contribution < 1.29 is 0 Å². The van der Waals surface area contributed by atoms with Gasteiger partial charge in [-0.2, -0.15) is 0 Å². The van der Waals surface area contributed by atoms with Gasteiger partial charge < -0.3 is 5.32 Å². The molecule has 1 aliphatic rings. The summed E-state index contributed by atoms with van der Waals surface area (Å²) < 4.78 is 0. The van der Waals surface area contributed by atoms with Crippen LogP contribution in [0.1, 0.15) is 64.5 Å². The molecule has 0 aromatic heterocycles. The molecule has 0 amide bonds. The molecule has 2 unspecified atom stereocenters. The van der Waals surface area contributed by atoms with Crippen LogP contribution in [0.4, 0.5) is 0 Å². The van der Waals surface area contributed by atoms with Crippen LogP contribution in [0.5, 0.6) is 0 Å². The first-order chi connectivity index (χ1) is 9.49. The van der Waals surface area contributed by atoms with Gasteiger partial charge in [0, 0.05) is 6.04 Å². The van der Waals surface area contributed by atoms with Gasteiger partial charge >= 0.3 is 0 Å². The van der Waals surface area contributed by atoms with Crippen LogP contribution in [0.3, 0.4) is 0 Å². The summed E-state index contributed by atoms with van der Waals surface area (Å²) in [6, 6.07) is 9.98. The lowest BCUT2D eigenvalue weighted by Gasteiger charge is -2.29. The second-order valence-corrected chi connectivity index (χ2v) is 7.44.